The smallest absolute Gasteiger partial charge is 0.291 e. The number of nitrogens with zero attached hydrogens (tertiary/aromatic N) is 1. The Hall–Kier alpha value is -3.46. The molecule has 0 atom stereocenters. The van der Waals surface area contributed by atoms with Crippen LogP contribution in [0.15, 0.2) is 69.8 Å². The lowest BCUT2D eigenvalue weighted by Gasteiger charge is -2.08. The summed E-state index contributed by atoms with van der Waals surface area (Å²) in [7, 11) is 0. The summed E-state index contributed by atoms with van der Waals surface area (Å²) in [5.41, 5.74) is 1.08. The van der Waals surface area contributed by atoms with Gasteiger partial charge in [-0.2, -0.15) is 0 Å². The number of anilines is 2. The van der Waals surface area contributed by atoms with E-state index in [0.717, 1.165) is 0 Å². The van der Waals surface area contributed by atoms with Crippen molar-refractivity contribution < 1.29 is 18.9 Å². The van der Waals surface area contributed by atoms with Crippen molar-refractivity contribution >= 4 is 44.8 Å². The van der Waals surface area contributed by atoms with E-state index in [9.17, 15) is 19.7 Å². The van der Waals surface area contributed by atoms with Gasteiger partial charge in [-0.3, -0.25) is 19.7 Å². The number of nitro groups is 1. The maximum Gasteiger partial charge on any atom is 0.291 e. The van der Waals surface area contributed by atoms with E-state index >= 15 is 0 Å². The lowest BCUT2D eigenvalue weighted by Crippen LogP contribution is -2.14. The summed E-state index contributed by atoms with van der Waals surface area (Å²) in [6.07, 6.45) is 0. The highest BCUT2D eigenvalue weighted by Gasteiger charge is 2.13. The number of amides is 2. The predicted octanol–water partition coefficient (Wildman–Crippen LogP) is 4.45. The van der Waals surface area contributed by atoms with Crippen LogP contribution in [0.1, 0.15) is 20.9 Å². The maximum atomic E-state index is 12.4. The van der Waals surface area contributed by atoms with Crippen molar-refractivity contribution in [2.45, 2.75) is 0 Å². The molecule has 2 amide bonds. The normalized spacial score (nSPS) is 10.3. The monoisotopic (exact) mass is 429 g/mol. The van der Waals surface area contributed by atoms with E-state index in [4.69, 9.17) is 4.42 Å². The summed E-state index contributed by atoms with van der Waals surface area (Å²) in [5, 5.41) is 15.9. The molecule has 0 unspecified atom stereocenters. The molecule has 0 bridgehead atoms. The highest BCUT2D eigenvalue weighted by Crippen LogP contribution is 2.19. The summed E-state index contributed by atoms with van der Waals surface area (Å²) in [4.78, 5) is 34.6. The third-order valence-electron chi connectivity index (χ3n) is 3.52. The number of furan rings is 1. The Morgan fingerprint density at radius 3 is 2.26 bits per heavy atom. The largest absolute Gasteiger partial charge is 0.444 e. The molecule has 0 fully saturated rings. The standard InChI is InChI=1S/C18H12BrN3O5/c19-16-9-8-15(27-16)18(24)21-13-3-1-2-11(10-13)17(23)20-12-4-6-14(7-5-12)22(25)26/h1-10H,(H,20,23)(H,21,24). The fourth-order valence-electron chi connectivity index (χ4n) is 2.24. The number of non-ortho nitro benzene ring substituents is 1. The molecule has 0 saturated heterocycles. The van der Waals surface area contributed by atoms with Gasteiger partial charge in [0.15, 0.2) is 10.4 Å². The second kappa shape index (κ2) is 7.83. The van der Waals surface area contributed by atoms with E-state index in [1.807, 2.05) is 0 Å². The van der Waals surface area contributed by atoms with Crippen molar-refractivity contribution in [3.8, 4) is 0 Å². The fourth-order valence-corrected chi connectivity index (χ4v) is 2.54. The van der Waals surface area contributed by atoms with Gasteiger partial charge in [0.05, 0.1) is 4.92 Å². The highest BCUT2D eigenvalue weighted by molar-refractivity contribution is 9.10. The van der Waals surface area contributed by atoms with Crippen molar-refractivity contribution in [2.24, 2.45) is 0 Å². The van der Waals surface area contributed by atoms with Crippen molar-refractivity contribution in [3.63, 3.8) is 0 Å². The van der Waals surface area contributed by atoms with Gasteiger partial charge in [-0.05, 0) is 58.4 Å². The van der Waals surface area contributed by atoms with E-state index in [-0.39, 0.29) is 11.4 Å². The Morgan fingerprint density at radius 2 is 1.63 bits per heavy atom. The molecule has 0 aliphatic rings. The van der Waals surface area contributed by atoms with Crippen LogP contribution in [0.3, 0.4) is 0 Å². The van der Waals surface area contributed by atoms with Crippen LogP contribution in [0.25, 0.3) is 0 Å². The van der Waals surface area contributed by atoms with Gasteiger partial charge in [-0.1, -0.05) is 6.07 Å². The fraction of sp³-hybridized carbons (Fsp3) is 0. The first-order chi connectivity index (χ1) is 12.9. The number of hydrogen-bond donors (Lipinski definition) is 2. The van der Waals surface area contributed by atoms with E-state index in [1.54, 1.807) is 24.3 Å². The highest BCUT2D eigenvalue weighted by atomic mass is 79.9. The molecule has 3 rings (SSSR count). The van der Waals surface area contributed by atoms with Gasteiger partial charge in [-0.25, -0.2) is 0 Å². The number of carbonyl (C=O) groups excluding carboxylic acids is 2. The van der Waals surface area contributed by atoms with Crippen LogP contribution in [0.2, 0.25) is 0 Å². The zero-order valence-electron chi connectivity index (χ0n) is 13.6. The SMILES string of the molecule is O=C(Nc1ccc([N+](=O)[O-])cc1)c1cccc(NC(=O)c2ccc(Br)o2)c1. The maximum absolute atomic E-state index is 12.4. The number of halogens is 1. The minimum absolute atomic E-state index is 0.0673. The van der Waals surface area contributed by atoms with Crippen molar-refractivity contribution in [1.82, 2.24) is 0 Å². The summed E-state index contributed by atoms with van der Waals surface area (Å²) >= 11 is 3.12. The molecular formula is C18H12BrN3O5. The van der Waals surface area contributed by atoms with Crippen LogP contribution >= 0.6 is 15.9 Å². The molecule has 0 spiro atoms. The molecule has 2 aromatic carbocycles. The molecule has 0 aliphatic carbocycles. The van der Waals surface area contributed by atoms with Crippen LogP contribution in [0.5, 0.6) is 0 Å². The number of rotatable bonds is 5. The first-order valence-electron chi connectivity index (χ1n) is 7.65. The summed E-state index contributed by atoms with van der Waals surface area (Å²) in [6.45, 7) is 0. The molecule has 2 N–H and O–H groups in total. The number of carbonyl (C=O) groups is 2. The Bertz CT molecular complexity index is 1010. The van der Waals surface area contributed by atoms with E-state index < -0.39 is 16.7 Å². The van der Waals surface area contributed by atoms with E-state index in [1.165, 1.54) is 36.4 Å². The van der Waals surface area contributed by atoms with Crippen LogP contribution in [-0.2, 0) is 0 Å². The quantitative estimate of drug-likeness (QED) is 0.458. The average Bonchev–Trinajstić information content (AvgIpc) is 3.09. The predicted molar refractivity (Wildman–Crippen MR) is 102 cm³/mol. The third-order valence-corrected chi connectivity index (χ3v) is 3.94. The van der Waals surface area contributed by atoms with Gasteiger partial charge in [0.25, 0.3) is 17.5 Å². The first-order valence-corrected chi connectivity index (χ1v) is 8.44. The van der Waals surface area contributed by atoms with Gasteiger partial charge < -0.3 is 15.1 Å². The molecule has 1 heterocycles. The van der Waals surface area contributed by atoms with E-state index in [2.05, 4.69) is 26.6 Å². The van der Waals surface area contributed by atoms with E-state index in [0.29, 0.717) is 21.6 Å². The van der Waals surface area contributed by atoms with Crippen LogP contribution in [0.4, 0.5) is 17.1 Å². The molecule has 8 nitrogen and oxygen atoms in total. The topological polar surface area (TPSA) is 114 Å². The minimum atomic E-state index is -0.519. The van der Waals surface area contributed by atoms with Gasteiger partial charge in [0, 0.05) is 29.1 Å². The summed E-state index contributed by atoms with van der Waals surface area (Å²) in [5.74, 6) is -0.739. The number of nitrogens with one attached hydrogen (secondary N) is 2. The van der Waals surface area contributed by atoms with Gasteiger partial charge in [-0.15, -0.1) is 0 Å². The van der Waals surface area contributed by atoms with Gasteiger partial charge in [0.2, 0.25) is 0 Å². The number of nitro benzene ring substituents is 1. The summed E-state index contributed by atoms with van der Waals surface area (Å²) in [6, 6.07) is 15.0. The molecule has 27 heavy (non-hydrogen) atoms. The Balaban J connectivity index is 1.69. The van der Waals surface area contributed by atoms with Gasteiger partial charge in [0.1, 0.15) is 0 Å². The van der Waals surface area contributed by atoms with Crippen LogP contribution < -0.4 is 10.6 Å². The lowest BCUT2D eigenvalue weighted by molar-refractivity contribution is -0.384. The molecule has 1 aromatic heterocycles. The van der Waals surface area contributed by atoms with Crippen LogP contribution in [0, 0.1) is 10.1 Å². The zero-order valence-corrected chi connectivity index (χ0v) is 15.2. The third kappa shape index (κ3) is 4.59. The minimum Gasteiger partial charge on any atom is -0.444 e. The second-order valence-corrected chi connectivity index (χ2v) is 6.18. The van der Waals surface area contributed by atoms with Crippen LogP contribution in [-0.4, -0.2) is 16.7 Å². The summed E-state index contributed by atoms with van der Waals surface area (Å²) < 4.78 is 5.61. The second-order valence-electron chi connectivity index (χ2n) is 5.40. The Labute approximate surface area is 161 Å². The Kier molecular flexibility index (Phi) is 5.32. The molecule has 136 valence electrons. The van der Waals surface area contributed by atoms with Crippen molar-refractivity contribution in [1.29, 1.82) is 0 Å². The number of benzene rings is 2. The Morgan fingerprint density at radius 1 is 0.926 bits per heavy atom. The first kappa shape index (κ1) is 18.3. The molecule has 3 aromatic rings. The molecular weight excluding hydrogens is 418 g/mol. The molecule has 0 aliphatic heterocycles. The molecule has 9 heteroatoms. The van der Waals surface area contributed by atoms with Crippen molar-refractivity contribution in [2.75, 3.05) is 10.6 Å². The molecule has 0 saturated carbocycles. The lowest BCUT2D eigenvalue weighted by atomic mass is 10.1. The van der Waals surface area contributed by atoms with Gasteiger partial charge >= 0.3 is 0 Å². The zero-order chi connectivity index (χ0) is 19.4. The van der Waals surface area contributed by atoms with Crippen molar-refractivity contribution in [3.05, 3.63) is 86.8 Å². The average molecular weight is 430 g/mol. The number of hydrogen-bond acceptors (Lipinski definition) is 5. The molecule has 0 radical (unpaired) electrons.